The monoisotopic (exact) mass is 462 g/mol. The van der Waals surface area contributed by atoms with Gasteiger partial charge in [-0.3, -0.25) is 9.59 Å². The highest BCUT2D eigenvalue weighted by Gasteiger charge is 2.30. The molecule has 0 bridgehead atoms. The zero-order chi connectivity index (χ0) is 23.6. The smallest absolute Gasteiger partial charge is 0.243 e. The zero-order valence-electron chi connectivity index (χ0n) is 19.3. The number of nitrogens with one attached hydrogen (secondary N) is 1. The van der Waals surface area contributed by atoms with Gasteiger partial charge in [-0.1, -0.05) is 90.8 Å². The van der Waals surface area contributed by atoms with E-state index in [1.54, 1.807) is 17.0 Å². The van der Waals surface area contributed by atoms with Gasteiger partial charge in [0.25, 0.3) is 0 Å². The number of hydrogen-bond acceptors (Lipinski definition) is 2. The minimum atomic E-state index is -0.619. The maximum atomic E-state index is 13.6. The van der Waals surface area contributed by atoms with Crippen molar-refractivity contribution in [1.82, 2.24) is 10.2 Å². The molecule has 33 heavy (non-hydrogen) atoms. The summed E-state index contributed by atoms with van der Waals surface area (Å²) in [6.45, 7) is 4.98. The number of aryl methyl sites for hydroxylation is 1. The van der Waals surface area contributed by atoms with Crippen molar-refractivity contribution in [1.29, 1.82) is 0 Å². The number of carbonyl (C=O) groups is 2. The molecule has 2 amide bonds. The van der Waals surface area contributed by atoms with Gasteiger partial charge in [-0.25, -0.2) is 0 Å². The first-order chi connectivity index (χ1) is 16.0. The van der Waals surface area contributed by atoms with Crippen molar-refractivity contribution < 1.29 is 9.59 Å². The van der Waals surface area contributed by atoms with Crippen LogP contribution >= 0.6 is 11.6 Å². The van der Waals surface area contributed by atoms with Crippen LogP contribution in [0.15, 0.2) is 78.9 Å². The predicted molar refractivity (Wildman–Crippen MR) is 134 cm³/mol. The Morgan fingerprint density at radius 1 is 0.909 bits per heavy atom. The third kappa shape index (κ3) is 7.47. The molecule has 1 atom stereocenters. The van der Waals surface area contributed by atoms with E-state index >= 15 is 0 Å². The Hall–Kier alpha value is -3.11. The van der Waals surface area contributed by atoms with E-state index in [0.717, 1.165) is 28.7 Å². The fourth-order valence-corrected chi connectivity index (χ4v) is 3.95. The molecular formula is C28H31ClN2O2. The van der Waals surface area contributed by atoms with Gasteiger partial charge < -0.3 is 10.2 Å². The second-order valence-corrected chi connectivity index (χ2v) is 8.75. The van der Waals surface area contributed by atoms with Crippen molar-refractivity contribution >= 4 is 23.4 Å². The van der Waals surface area contributed by atoms with E-state index < -0.39 is 6.04 Å². The fourth-order valence-electron chi connectivity index (χ4n) is 3.73. The summed E-state index contributed by atoms with van der Waals surface area (Å²) in [7, 11) is 0. The van der Waals surface area contributed by atoms with Crippen LogP contribution in [0.1, 0.15) is 35.6 Å². The van der Waals surface area contributed by atoms with E-state index in [4.69, 9.17) is 11.6 Å². The molecule has 1 N–H and O–H groups in total. The summed E-state index contributed by atoms with van der Waals surface area (Å²) >= 11 is 6.14. The van der Waals surface area contributed by atoms with Crippen molar-refractivity contribution in [2.24, 2.45) is 0 Å². The maximum absolute atomic E-state index is 13.6. The van der Waals surface area contributed by atoms with Crippen LogP contribution in [0.25, 0.3) is 0 Å². The summed E-state index contributed by atoms with van der Waals surface area (Å²) in [5, 5.41) is 3.59. The summed E-state index contributed by atoms with van der Waals surface area (Å²) in [5.41, 5.74) is 3.98. The topological polar surface area (TPSA) is 49.4 Å². The average molecular weight is 463 g/mol. The Labute approximate surface area is 201 Å². The van der Waals surface area contributed by atoms with Gasteiger partial charge in [0.05, 0.1) is 6.42 Å². The number of halogens is 1. The fraction of sp³-hybridized carbons (Fsp3) is 0.286. The van der Waals surface area contributed by atoms with E-state index in [-0.39, 0.29) is 18.2 Å². The zero-order valence-corrected chi connectivity index (χ0v) is 20.0. The summed E-state index contributed by atoms with van der Waals surface area (Å²) in [6, 6.07) is 24.6. The number of nitrogens with zero attached hydrogens (tertiary/aromatic N) is 1. The molecule has 0 aromatic heterocycles. The first-order valence-corrected chi connectivity index (χ1v) is 11.7. The van der Waals surface area contributed by atoms with Crippen LogP contribution < -0.4 is 5.32 Å². The van der Waals surface area contributed by atoms with Crippen LogP contribution in [0.3, 0.4) is 0 Å². The van der Waals surface area contributed by atoms with Crippen LogP contribution in [-0.4, -0.2) is 29.3 Å². The Kier molecular flexibility index (Phi) is 9.08. The number of carbonyl (C=O) groups excluding carboxylic acids is 2. The van der Waals surface area contributed by atoms with E-state index in [0.29, 0.717) is 24.5 Å². The Bertz CT molecular complexity index is 1050. The molecule has 3 aromatic carbocycles. The standard InChI is InChI=1S/C28H31ClN2O2/c1-3-16-30-28(33)26(18-22-8-5-4-6-9-22)31(20-23-14-12-21(2)13-15-23)27(32)19-24-10-7-11-25(29)17-24/h4-15,17,26H,3,16,18-20H2,1-2H3,(H,30,33). The van der Waals surface area contributed by atoms with Gasteiger partial charge in [0.1, 0.15) is 6.04 Å². The van der Waals surface area contributed by atoms with Gasteiger partial charge in [0.15, 0.2) is 0 Å². The maximum Gasteiger partial charge on any atom is 0.243 e. The molecule has 0 aliphatic heterocycles. The number of amides is 2. The molecule has 0 saturated carbocycles. The van der Waals surface area contributed by atoms with E-state index in [2.05, 4.69) is 5.32 Å². The van der Waals surface area contributed by atoms with Crippen LogP contribution in [0.5, 0.6) is 0 Å². The minimum Gasteiger partial charge on any atom is -0.354 e. The van der Waals surface area contributed by atoms with Gasteiger partial charge >= 0.3 is 0 Å². The van der Waals surface area contributed by atoms with Gasteiger partial charge in [0, 0.05) is 24.5 Å². The van der Waals surface area contributed by atoms with Gasteiger partial charge in [-0.2, -0.15) is 0 Å². The van der Waals surface area contributed by atoms with Crippen molar-refractivity contribution in [2.45, 2.75) is 45.7 Å². The van der Waals surface area contributed by atoms with Crippen molar-refractivity contribution in [2.75, 3.05) is 6.54 Å². The van der Waals surface area contributed by atoms with Crippen LogP contribution in [0.4, 0.5) is 0 Å². The van der Waals surface area contributed by atoms with Gasteiger partial charge in [0.2, 0.25) is 11.8 Å². The molecule has 0 saturated heterocycles. The third-order valence-electron chi connectivity index (χ3n) is 5.54. The second kappa shape index (κ2) is 12.2. The number of rotatable bonds is 10. The van der Waals surface area contributed by atoms with Crippen molar-refractivity contribution in [3.05, 3.63) is 106 Å². The Morgan fingerprint density at radius 2 is 1.61 bits per heavy atom. The van der Waals surface area contributed by atoms with E-state index in [1.165, 1.54) is 0 Å². The van der Waals surface area contributed by atoms with E-state index in [1.807, 2.05) is 80.6 Å². The lowest BCUT2D eigenvalue weighted by Crippen LogP contribution is -2.51. The molecule has 172 valence electrons. The summed E-state index contributed by atoms with van der Waals surface area (Å²) < 4.78 is 0. The van der Waals surface area contributed by atoms with E-state index in [9.17, 15) is 9.59 Å². The Balaban J connectivity index is 1.94. The molecule has 4 nitrogen and oxygen atoms in total. The van der Waals surface area contributed by atoms with Crippen LogP contribution in [-0.2, 0) is 29.0 Å². The largest absolute Gasteiger partial charge is 0.354 e. The lowest BCUT2D eigenvalue weighted by atomic mass is 10.0. The highest BCUT2D eigenvalue weighted by atomic mass is 35.5. The molecule has 0 aliphatic rings. The summed E-state index contributed by atoms with van der Waals surface area (Å²) in [4.78, 5) is 28.6. The Morgan fingerprint density at radius 3 is 2.27 bits per heavy atom. The first kappa shape index (κ1) is 24.5. The molecule has 3 aromatic rings. The second-order valence-electron chi connectivity index (χ2n) is 8.31. The normalized spacial score (nSPS) is 11.6. The molecule has 0 aliphatic carbocycles. The van der Waals surface area contributed by atoms with Crippen LogP contribution in [0, 0.1) is 6.92 Å². The third-order valence-corrected chi connectivity index (χ3v) is 5.77. The molecule has 0 fully saturated rings. The highest BCUT2D eigenvalue weighted by molar-refractivity contribution is 6.30. The number of benzene rings is 3. The minimum absolute atomic E-state index is 0.106. The van der Waals surface area contributed by atoms with Gasteiger partial charge in [-0.05, 0) is 42.2 Å². The predicted octanol–water partition coefficient (Wildman–Crippen LogP) is 5.36. The molecule has 5 heteroatoms. The summed E-state index contributed by atoms with van der Waals surface area (Å²) in [6.07, 6.45) is 1.46. The molecule has 3 rings (SSSR count). The first-order valence-electron chi connectivity index (χ1n) is 11.4. The van der Waals surface area contributed by atoms with Crippen molar-refractivity contribution in [3.8, 4) is 0 Å². The summed E-state index contributed by atoms with van der Waals surface area (Å²) in [5.74, 6) is -0.238. The lowest BCUT2D eigenvalue weighted by Gasteiger charge is -2.31. The highest BCUT2D eigenvalue weighted by Crippen LogP contribution is 2.18. The van der Waals surface area contributed by atoms with Crippen LogP contribution in [0.2, 0.25) is 5.02 Å². The number of hydrogen-bond donors (Lipinski definition) is 1. The quantitative estimate of drug-likeness (QED) is 0.441. The molecular weight excluding hydrogens is 432 g/mol. The average Bonchev–Trinajstić information content (AvgIpc) is 2.81. The molecule has 0 radical (unpaired) electrons. The molecule has 0 heterocycles. The SMILES string of the molecule is CCCNC(=O)C(Cc1ccccc1)N(Cc1ccc(C)cc1)C(=O)Cc1cccc(Cl)c1. The van der Waals surface area contributed by atoms with Gasteiger partial charge in [-0.15, -0.1) is 0 Å². The molecule has 0 spiro atoms. The lowest BCUT2D eigenvalue weighted by molar-refractivity contribution is -0.140. The molecule has 1 unspecified atom stereocenters. The van der Waals surface area contributed by atoms with Crippen molar-refractivity contribution in [3.63, 3.8) is 0 Å².